The van der Waals surface area contributed by atoms with Crippen LogP contribution in [0, 0.1) is 23.0 Å². The maximum atomic E-state index is 14.4. The molecule has 20 heavy (non-hydrogen) atoms. The number of halogens is 4. The molecular weight excluding hydrogens is 303 g/mol. The van der Waals surface area contributed by atoms with Crippen molar-refractivity contribution in [3.05, 3.63) is 63.7 Å². The molecule has 0 fully saturated rings. The summed E-state index contributed by atoms with van der Waals surface area (Å²) < 4.78 is 28.2. The zero-order valence-electron chi connectivity index (χ0n) is 10.0. The quantitative estimate of drug-likeness (QED) is 0.674. The Hall–Kier alpha value is -1.89. The van der Waals surface area contributed by atoms with E-state index in [1.54, 1.807) is 6.07 Å². The molecule has 0 aliphatic carbocycles. The first-order valence-corrected chi connectivity index (χ1v) is 6.29. The van der Waals surface area contributed by atoms with Gasteiger partial charge in [-0.05, 0) is 30.3 Å². The van der Waals surface area contributed by atoms with Crippen molar-refractivity contribution in [2.75, 3.05) is 0 Å². The fourth-order valence-corrected chi connectivity index (χ4v) is 2.18. The number of nitrogens with zero attached hydrogens (tertiary/aromatic N) is 1. The zero-order valence-corrected chi connectivity index (χ0v) is 11.5. The molecule has 0 bridgehead atoms. The average molecular weight is 310 g/mol. The lowest BCUT2D eigenvalue weighted by Gasteiger charge is -2.10. The highest BCUT2D eigenvalue weighted by molar-refractivity contribution is 6.34. The van der Waals surface area contributed by atoms with Crippen molar-refractivity contribution < 1.29 is 8.78 Å². The highest BCUT2D eigenvalue weighted by Crippen LogP contribution is 2.35. The van der Waals surface area contributed by atoms with Gasteiger partial charge in [0.25, 0.3) is 0 Å². The Kier molecular flexibility index (Phi) is 4.39. The van der Waals surface area contributed by atoms with Crippen LogP contribution in [-0.4, -0.2) is 0 Å². The van der Waals surface area contributed by atoms with Crippen molar-refractivity contribution in [3.8, 4) is 17.2 Å². The summed E-state index contributed by atoms with van der Waals surface area (Å²) in [4.78, 5) is 0. The molecule has 0 saturated heterocycles. The SMILES string of the molecule is N#C/C=C\c1ccc(Cl)c(-c2cc(Cl)ccc2F)c1F. The van der Waals surface area contributed by atoms with Crippen LogP contribution in [0.15, 0.2) is 36.4 Å². The molecular formula is C15H7Cl2F2N. The second kappa shape index (κ2) is 6.04. The highest BCUT2D eigenvalue weighted by Gasteiger charge is 2.16. The van der Waals surface area contributed by atoms with Crippen molar-refractivity contribution in [3.63, 3.8) is 0 Å². The molecule has 0 aromatic heterocycles. The molecule has 1 nitrogen and oxygen atoms in total. The van der Waals surface area contributed by atoms with Crippen molar-refractivity contribution in [2.24, 2.45) is 0 Å². The molecule has 2 rings (SSSR count). The summed E-state index contributed by atoms with van der Waals surface area (Å²) in [5.41, 5.74) is 0.0456. The van der Waals surface area contributed by atoms with Gasteiger partial charge in [-0.25, -0.2) is 8.78 Å². The maximum absolute atomic E-state index is 14.4. The van der Waals surface area contributed by atoms with E-state index < -0.39 is 11.6 Å². The largest absolute Gasteiger partial charge is 0.206 e. The molecule has 0 atom stereocenters. The van der Waals surface area contributed by atoms with Crippen LogP contribution < -0.4 is 0 Å². The first-order chi connectivity index (χ1) is 9.54. The van der Waals surface area contributed by atoms with Crippen molar-refractivity contribution >= 4 is 29.3 Å². The van der Waals surface area contributed by atoms with E-state index in [4.69, 9.17) is 28.5 Å². The summed E-state index contributed by atoms with van der Waals surface area (Å²) in [5, 5.41) is 8.82. The smallest absolute Gasteiger partial charge is 0.139 e. The molecule has 100 valence electrons. The molecule has 0 aliphatic rings. The molecule has 2 aromatic rings. The molecule has 5 heteroatoms. The first kappa shape index (κ1) is 14.5. The predicted octanol–water partition coefficient (Wildman–Crippen LogP) is 5.48. The summed E-state index contributed by atoms with van der Waals surface area (Å²) in [6.45, 7) is 0. The van der Waals surface area contributed by atoms with Gasteiger partial charge in [-0.1, -0.05) is 29.3 Å². The number of rotatable bonds is 2. The van der Waals surface area contributed by atoms with Crippen LogP contribution in [0.25, 0.3) is 17.2 Å². The van der Waals surface area contributed by atoms with Crippen molar-refractivity contribution in [1.82, 2.24) is 0 Å². The maximum Gasteiger partial charge on any atom is 0.139 e. The fourth-order valence-electron chi connectivity index (χ4n) is 1.76. The van der Waals surface area contributed by atoms with Gasteiger partial charge in [0, 0.05) is 27.8 Å². The van der Waals surface area contributed by atoms with E-state index in [9.17, 15) is 8.78 Å². The molecule has 0 unspecified atom stereocenters. The van der Waals surface area contributed by atoms with Gasteiger partial charge in [-0.3, -0.25) is 0 Å². The van der Waals surface area contributed by atoms with Crippen molar-refractivity contribution in [1.29, 1.82) is 5.26 Å². The van der Waals surface area contributed by atoms with E-state index >= 15 is 0 Å². The van der Waals surface area contributed by atoms with E-state index in [1.165, 1.54) is 30.3 Å². The number of hydrogen-bond acceptors (Lipinski definition) is 1. The van der Waals surface area contributed by atoms with Gasteiger partial charge in [0.2, 0.25) is 0 Å². The molecule has 0 spiro atoms. The van der Waals surface area contributed by atoms with Crippen LogP contribution in [0.5, 0.6) is 0 Å². The molecule has 0 amide bonds. The van der Waals surface area contributed by atoms with Gasteiger partial charge >= 0.3 is 0 Å². The number of allylic oxidation sites excluding steroid dienone is 1. The topological polar surface area (TPSA) is 23.8 Å². The second-order valence-corrected chi connectivity index (χ2v) is 4.76. The van der Waals surface area contributed by atoms with E-state index in [0.717, 1.165) is 12.1 Å². The standard InChI is InChI=1S/C15H7Cl2F2N/c16-10-4-6-13(18)11(8-10)14-12(17)5-3-9(15(14)19)2-1-7-20/h1-6,8H/b2-1-. The lowest BCUT2D eigenvalue weighted by Crippen LogP contribution is -1.93. The zero-order chi connectivity index (χ0) is 14.7. The molecule has 0 saturated carbocycles. The summed E-state index contributed by atoms with van der Waals surface area (Å²) in [6, 6.07) is 8.43. The van der Waals surface area contributed by atoms with Gasteiger partial charge in [-0.2, -0.15) is 5.26 Å². The number of hydrogen-bond donors (Lipinski definition) is 0. The Labute approximate surface area is 124 Å². The average Bonchev–Trinajstić information content (AvgIpc) is 2.42. The van der Waals surface area contributed by atoms with Crippen LogP contribution in [0.4, 0.5) is 8.78 Å². The molecule has 0 radical (unpaired) electrons. The van der Waals surface area contributed by atoms with Crippen LogP contribution >= 0.6 is 23.2 Å². The molecule has 0 N–H and O–H groups in total. The normalized spacial score (nSPS) is 10.8. The van der Waals surface area contributed by atoms with Gasteiger partial charge in [0.15, 0.2) is 0 Å². The summed E-state index contributed by atoms with van der Waals surface area (Å²) in [7, 11) is 0. The Morgan fingerprint density at radius 2 is 1.85 bits per heavy atom. The Morgan fingerprint density at radius 1 is 1.10 bits per heavy atom. The van der Waals surface area contributed by atoms with Gasteiger partial charge < -0.3 is 0 Å². The third kappa shape index (κ3) is 2.82. The Bertz CT molecular complexity index is 733. The monoisotopic (exact) mass is 309 g/mol. The van der Waals surface area contributed by atoms with E-state index in [1.807, 2.05) is 0 Å². The summed E-state index contributed by atoms with van der Waals surface area (Å²) in [6.07, 6.45) is 2.42. The van der Waals surface area contributed by atoms with Gasteiger partial charge in [0.05, 0.1) is 11.1 Å². The minimum absolute atomic E-state index is 0.0211. The molecule has 0 heterocycles. The van der Waals surface area contributed by atoms with Crippen LogP contribution in [-0.2, 0) is 0 Å². The van der Waals surface area contributed by atoms with Crippen LogP contribution in [0.3, 0.4) is 0 Å². The summed E-state index contributed by atoms with van der Waals surface area (Å²) in [5.74, 6) is -1.33. The third-order valence-corrected chi connectivity index (χ3v) is 3.21. The van der Waals surface area contributed by atoms with Gasteiger partial charge in [0.1, 0.15) is 11.6 Å². The van der Waals surface area contributed by atoms with Gasteiger partial charge in [-0.15, -0.1) is 0 Å². The van der Waals surface area contributed by atoms with Crippen LogP contribution in [0.1, 0.15) is 5.56 Å². The van der Waals surface area contributed by atoms with E-state index in [0.29, 0.717) is 0 Å². The lowest BCUT2D eigenvalue weighted by atomic mass is 10.0. The number of benzene rings is 2. The predicted molar refractivity (Wildman–Crippen MR) is 76.5 cm³/mol. The highest BCUT2D eigenvalue weighted by atomic mass is 35.5. The molecule has 0 aliphatic heterocycles. The second-order valence-electron chi connectivity index (χ2n) is 3.91. The summed E-state index contributed by atoms with van der Waals surface area (Å²) >= 11 is 11.8. The lowest BCUT2D eigenvalue weighted by molar-refractivity contribution is 0.615. The molecule has 2 aromatic carbocycles. The first-order valence-electron chi connectivity index (χ1n) is 5.54. The minimum atomic E-state index is -0.704. The minimum Gasteiger partial charge on any atom is -0.206 e. The Balaban J connectivity index is 2.70. The van der Waals surface area contributed by atoms with E-state index in [2.05, 4.69) is 0 Å². The van der Waals surface area contributed by atoms with Crippen molar-refractivity contribution in [2.45, 2.75) is 0 Å². The fraction of sp³-hybridized carbons (Fsp3) is 0. The van der Waals surface area contributed by atoms with Crippen LogP contribution in [0.2, 0.25) is 10.0 Å². The third-order valence-electron chi connectivity index (χ3n) is 2.66. The van der Waals surface area contributed by atoms with E-state index in [-0.39, 0.29) is 26.7 Å². The number of nitriles is 1. The Morgan fingerprint density at radius 3 is 2.55 bits per heavy atom.